The summed E-state index contributed by atoms with van der Waals surface area (Å²) in [7, 11) is 3.41. The molecule has 0 radical (unpaired) electrons. The van der Waals surface area contributed by atoms with Crippen LogP contribution >= 0.6 is 23.1 Å². The molecule has 0 fully saturated rings. The maximum absolute atomic E-state index is 12.3. The zero-order valence-corrected chi connectivity index (χ0v) is 15.2. The predicted molar refractivity (Wildman–Crippen MR) is 95.5 cm³/mol. The maximum Gasteiger partial charge on any atom is 0.262 e. The summed E-state index contributed by atoms with van der Waals surface area (Å²) in [5.41, 5.74) is -0.0874. The highest BCUT2D eigenvalue weighted by Crippen LogP contribution is 2.21. The minimum absolute atomic E-state index is 0.0467. The van der Waals surface area contributed by atoms with E-state index in [0.717, 1.165) is 11.5 Å². The predicted octanol–water partition coefficient (Wildman–Crippen LogP) is 2.65. The number of aryl methyl sites for hydroxylation is 1. The molecule has 0 saturated carbocycles. The number of hydrogen-bond donors (Lipinski definition) is 0. The van der Waals surface area contributed by atoms with E-state index in [1.807, 2.05) is 24.4 Å². The van der Waals surface area contributed by atoms with Crippen LogP contribution in [0.2, 0.25) is 0 Å². The molecule has 8 heteroatoms. The lowest BCUT2D eigenvalue weighted by atomic mass is 10.4. The molecule has 3 aromatic rings. The topological polar surface area (TPSA) is 68.3 Å². The third kappa shape index (κ3) is 3.39. The summed E-state index contributed by atoms with van der Waals surface area (Å²) in [4.78, 5) is 31.3. The van der Waals surface area contributed by atoms with E-state index in [2.05, 4.69) is 4.98 Å². The number of hydrogen-bond acceptors (Lipinski definition) is 6. The number of thioether (sulfide) groups is 1. The Morgan fingerprint density at radius 2 is 2.21 bits per heavy atom. The van der Waals surface area contributed by atoms with Crippen molar-refractivity contribution >= 4 is 39.2 Å². The summed E-state index contributed by atoms with van der Waals surface area (Å²) >= 11 is 2.69. The molecule has 0 atom stereocenters. The van der Waals surface area contributed by atoms with Crippen LogP contribution in [0.1, 0.15) is 11.5 Å². The number of carbonyl (C=O) groups is 1. The lowest BCUT2D eigenvalue weighted by Gasteiger charge is -2.15. The fourth-order valence-corrected chi connectivity index (χ4v) is 3.96. The molecule has 126 valence electrons. The van der Waals surface area contributed by atoms with E-state index in [0.29, 0.717) is 21.9 Å². The number of rotatable bonds is 5. The van der Waals surface area contributed by atoms with Crippen LogP contribution in [0.3, 0.4) is 0 Å². The van der Waals surface area contributed by atoms with Gasteiger partial charge in [0.1, 0.15) is 16.4 Å². The molecule has 24 heavy (non-hydrogen) atoms. The average Bonchev–Trinajstić information content (AvgIpc) is 3.18. The first kappa shape index (κ1) is 16.8. The van der Waals surface area contributed by atoms with E-state index < -0.39 is 0 Å². The second-order valence-corrected chi connectivity index (χ2v) is 7.29. The van der Waals surface area contributed by atoms with Crippen molar-refractivity contribution in [2.45, 2.75) is 18.6 Å². The van der Waals surface area contributed by atoms with Gasteiger partial charge >= 0.3 is 0 Å². The lowest BCUT2D eigenvalue weighted by Crippen LogP contribution is -2.28. The van der Waals surface area contributed by atoms with Crippen LogP contribution in [-0.4, -0.2) is 33.2 Å². The SMILES string of the molecule is Cc1ccc(CN(C)C(=O)CSc2nc3sccc3c(=O)n2C)o1. The molecule has 6 nitrogen and oxygen atoms in total. The van der Waals surface area contributed by atoms with Gasteiger partial charge in [-0.3, -0.25) is 14.2 Å². The normalized spacial score (nSPS) is 11.1. The van der Waals surface area contributed by atoms with Crippen molar-refractivity contribution in [1.82, 2.24) is 14.5 Å². The molecule has 1 amide bonds. The third-order valence-corrected chi connectivity index (χ3v) is 5.42. The van der Waals surface area contributed by atoms with Crippen LogP contribution in [0.4, 0.5) is 0 Å². The van der Waals surface area contributed by atoms with Gasteiger partial charge in [-0.05, 0) is 30.5 Å². The fraction of sp³-hybridized carbons (Fsp3) is 0.312. The molecule has 0 spiro atoms. The fourth-order valence-electron chi connectivity index (χ4n) is 2.24. The van der Waals surface area contributed by atoms with Crippen LogP contribution < -0.4 is 5.56 Å². The van der Waals surface area contributed by atoms with Crippen molar-refractivity contribution in [1.29, 1.82) is 0 Å². The first-order valence-electron chi connectivity index (χ1n) is 7.32. The molecule has 3 heterocycles. The molecule has 0 aliphatic rings. The Hall–Kier alpha value is -2.06. The Bertz CT molecular complexity index is 942. The van der Waals surface area contributed by atoms with E-state index >= 15 is 0 Å². The van der Waals surface area contributed by atoms with Crippen molar-refractivity contribution in [3.63, 3.8) is 0 Å². The minimum Gasteiger partial charge on any atom is -0.464 e. The number of furan rings is 1. The monoisotopic (exact) mass is 363 g/mol. The van der Waals surface area contributed by atoms with Crippen LogP contribution in [0.5, 0.6) is 0 Å². The Morgan fingerprint density at radius 3 is 2.92 bits per heavy atom. The summed E-state index contributed by atoms with van der Waals surface area (Å²) in [5.74, 6) is 1.74. The van der Waals surface area contributed by atoms with Crippen molar-refractivity contribution in [3.05, 3.63) is 45.5 Å². The van der Waals surface area contributed by atoms with Crippen molar-refractivity contribution in [2.24, 2.45) is 7.05 Å². The molecule has 0 aromatic carbocycles. The highest BCUT2D eigenvalue weighted by atomic mass is 32.2. The smallest absolute Gasteiger partial charge is 0.262 e. The average molecular weight is 363 g/mol. The zero-order valence-electron chi connectivity index (χ0n) is 13.6. The van der Waals surface area contributed by atoms with Crippen molar-refractivity contribution in [2.75, 3.05) is 12.8 Å². The lowest BCUT2D eigenvalue weighted by molar-refractivity contribution is -0.127. The van der Waals surface area contributed by atoms with Gasteiger partial charge in [-0.2, -0.15) is 0 Å². The minimum atomic E-state index is -0.0874. The highest BCUT2D eigenvalue weighted by molar-refractivity contribution is 7.99. The van der Waals surface area contributed by atoms with Gasteiger partial charge in [0.2, 0.25) is 5.91 Å². The number of fused-ring (bicyclic) bond motifs is 1. The first-order valence-corrected chi connectivity index (χ1v) is 9.18. The standard InChI is InChI=1S/C16H17N3O3S2/c1-10-4-5-11(22-10)8-18(2)13(20)9-24-16-17-14-12(6-7-23-14)15(21)19(16)3/h4-7H,8-9H2,1-3H3. The Labute approximate surface area is 147 Å². The molecule has 0 saturated heterocycles. The van der Waals surface area contributed by atoms with E-state index in [1.165, 1.54) is 27.7 Å². The largest absolute Gasteiger partial charge is 0.464 e. The molecular weight excluding hydrogens is 346 g/mol. The molecule has 0 bridgehead atoms. The van der Waals surface area contributed by atoms with Crippen molar-refractivity contribution < 1.29 is 9.21 Å². The second kappa shape index (κ2) is 6.82. The maximum atomic E-state index is 12.3. The first-order chi connectivity index (χ1) is 11.5. The summed E-state index contributed by atoms with van der Waals surface area (Å²) < 4.78 is 6.97. The summed E-state index contributed by atoms with van der Waals surface area (Å²) in [6, 6.07) is 5.51. The number of amides is 1. The number of thiophene rings is 1. The second-order valence-electron chi connectivity index (χ2n) is 5.45. The molecule has 0 unspecified atom stereocenters. The highest BCUT2D eigenvalue weighted by Gasteiger charge is 2.15. The van der Waals surface area contributed by atoms with E-state index in [1.54, 1.807) is 25.1 Å². The van der Waals surface area contributed by atoms with Gasteiger partial charge < -0.3 is 9.32 Å². The van der Waals surface area contributed by atoms with Gasteiger partial charge in [0.05, 0.1) is 17.7 Å². The summed E-state index contributed by atoms with van der Waals surface area (Å²) in [5, 5.41) is 3.01. The Kier molecular flexibility index (Phi) is 4.77. The van der Waals surface area contributed by atoms with Crippen LogP contribution in [-0.2, 0) is 18.4 Å². The van der Waals surface area contributed by atoms with Gasteiger partial charge in [-0.15, -0.1) is 11.3 Å². The number of carbonyl (C=O) groups excluding carboxylic acids is 1. The molecule has 3 aromatic heterocycles. The molecular formula is C16H17N3O3S2. The van der Waals surface area contributed by atoms with E-state index in [4.69, 9.17) is 4.42 Å². The van der Waals surface area contributed by atoms with E-state index in [9.17, 15) is 9.59 Å². The number of nitrogens with zero attached hydrogens (tertiary/aromatic N) is 3. The van der Waals surface area contributed by atoms with Crippen LogP contribution in [0.25, 0.3) is 10.2 Å². The Balaban J connectivity index is 1.67. The van der Waals surface area contributed by atoms with Gasteiger partial charge in [0, 0.05) is 14.1 Å². The molecule has 0 aliphatic carbocycles. The summed E-state index contributed by atoms with van der Waals surface area (Å²) in [6.07, 6.45) is 0. The van der Waals surface area contributed by atoms with E-state index in [-0.39, 0.29) is 17.2 Å². The van der Waals surface area contributed by atoms with Crippen LogP contribution in [0, 0.1) is 6.92 Å². The summed E-state index contributed by atoms with van der Waals surface area (Å²) in [6.45, 7) is 2.29. The third-order valence-electron chi connectivity index (χ3n) is 3.60. The van der Waals surface area contributed by atoms with Gasteiger partial charge in [0.15, 0.2) is 5.16 Å². The molecule has 0 N–H and O–H groups in total. The van der Waals surface area contributed by atoms with Gasteiger partial charge in [-0.25, -0.2) is 4.98 Å². The zero-order chi connectivity index (χ0) is 17.3. The number of aromatic nitrogens is 2. The van der Waals surface area contributed by atoms with Crippen molar-refractivity contribution in [3.8, 4) is 0 Å². The quantitative estimate of drug-likeness (QED) is 0.515. The Morgan fingerprint density at radius 1 is 1.42 bits per heavy atom. The van der Waals surface area contributed by atoms with Gasteiger partial charge in [-0.1, -0.05) is 11.8 Å². The molecule has 0 aliphatic heterocycles. The van der Waals surface area contributed by atoms with Crippen LogP contribution in [0.15, 0.2) is 37.9 Å². The molecule has 3 rings (SSSR count). The van der Waals surface area contributed by atoms with Gasteiger partial charge in [0.25, 0.3) is 5.56 Å².